The molecule has 1 saturated heterocycles. The second kappa shape index (κ2) is 8.91. The number of alkyl halides is 2. The first-order valence-corrected chi connectivity index (χ1v) is 9.77. The Labute approximate surface area is 181 Å². The topological polar surface area (TPSA) is 74.8 Å². The molecule has 1 aliphatic heterocycles. The molecule has 7 nitrogen and oxygen atoms in total. The maximum atomic E-state index is 14.3. The molecule has 0 atom stereocenters. The van der Waals surface area contributed by atoms with Gasteiger partial charge in [0.05, 0.1) is 29.8 Å². The molecule has 32 heavy (non-hydrogen) atoms. The van der Waals surface area contributed by atoms with Gasteiger partial charge in [0.2, 0.25) is 6.93 Å². The van der Waals surface area contributed by atoms with Gasteiger partial charge in [0.15, 0.2) is 0 Å². The summed E-state index contributed by atoms with van der Waals surface area (Å²) in [5, 5.41) is 13.0. The van der Waals surface area contributed by atoms with Crippen LogP contribution in [0.5, 0.6) is 0 Å². The number of benzene rings is 2. The van der Waals surface area contributed by atoms with Gasteiger partial charge in [0.25, 0.3) is 0 Å². The number of aldehydes is 1. The largest absolute Gasteiger partial charge is 0.379 e. The van der Waals surface area contributed by atoms with Gasteiger partial charge >= 0.3 is 0 Å². The molecule has 2 aromatic carbocycles. The van der Waals surface area contributed by atoms with Crippen LogP contribution in [-0.2, 0) is 23.6 Å². The molecule has 0 spiro atoms. The number of ether oxygens (including phenoxy) is 1. The van der Waals surface area contributed by atoms with Gasteiger partial charge in [0, 0.05) is 30.6 Å². The number of hydrogen-bond acceptors (Lipinski definition) is 5. The Hall–Kier alpha value is -3.53. The van der Waals surface area contributed by atoms with Crippen molar-refractivity contribution in [1.82, 2.24) is 24.5 Å². The van der Waals surface area contributed by atoms with E-state index in [9.17, 15) is 18.0 Å². The third-order valence-electron chi connectivity index (χ3n) is 5.51. The molecule has 0 amide bonds. The van der Waals surface area contributed by atoms with E-state index in [1.54, 1.807) is 23.3 Å². The maximum absolute atomic E-state index is 14.3. The third kappa shape index (κ3) is 4.01. The Balaban J connectivity index is 0.000000775. The summed E-state index contributed by atoms with van der Waals surface area (Å²) in [5.41, 5.74) is 2.45. The number of nitrogens with zero attached hydrogens (tertiary/aromatic N) is 5. The molecule has 10 heteroatoms. The summed E-state index contributed by atoms with van der Waals surface area (Å²) in [6.45, 7) is -0.552. The minimum Gasteiger partial charge on any atom is -0.379 e. The SMILES string of the molecule is Cn1cnnc1CC1(c2cccc(-n3cc4c(F)cc(C=O)cc4n3)c2)COC1.FCF. The first-order valence-electron chi connectivity index (χ1n) is 9.77. The zero-order valence-corrected chi connectivity index (χ0v) is 17.2. The smallest absolute Gasteiger partial charge is 0.229 e. The molecular formula is C22H20F3N5O2. The summed E-state index contributed by atoms with van der Waals surface area (Å²) in [6, 6.07) is 10.8. The highest BCUT2D eigenvalue weighted by molar-refractivity contribution is 5.87. The molecule has 4 aromatic rings. The van der Waals surface area contributed by atoms with Crippen LogP contribution in [0.3, 0.4) is 0 Å². The second-order valence-electron chi connectivity index (χ2n) is 7.59. The van der Waals surface area contributed by atoms with Gasteiger partial charge in [-0.05, 0) is 29.8 Å². The minimum atomic E-state index is -1.75. The third-order valence-corrected chi connectivity index (χ3v) is 5.51. The number of carbonyl (C=O) groups excluding carboxylic acids is 1. The molecule has 0 bridgehead atoms. The van der Waals surface area contributed by atoms with E-state index < -0.39 is 12.7 Å². The van der Waals surface area contributed by atoms with Gasteiger partial charge in [-0.15, -0.1) is 10.2 Å². The highest BCUT2D eigenvalue weighted by Gasteiger charge is 2.41. The fourth-order valence-corrected chi connectivity index (χ4v) is 3.77. The highest BCUT2D eigenvalue weighted by Crippen LogP contribution is 2.36. The summed E-state index contributed by atoms with van der Waals surface area (Å²) >= 11 is 0. The number of rotatable bonds is 5. The molecule has 0 radical (unpaired) electrons. The quantitative estimate of drug-likeness (QED) is 0.442. The van der Waals surface area contributed by atoms with E-state index in [0.29, 0.717) is 36.8 Å². The van der Waals surface area contributed by atoms with Crippen molar-refractivity contribution >= 4 is 17.2 Å². The van der Waals surface area contributed by atoms with Crippen molar-refractivity contribution in [2.75, 3.05) is 20.1 Å². The Bertz CT molecular complexity index is 1250. The Kier molecular flexibility index (Phi) is 6.04. The summed E-state index contributed by atoms with van der Waals surface area (Å²) in [4.78, 5) is 11.0. The van der Waals surface area contributed by atoms with E-state index in [0.717, 1.165) is 17.1 Å². The van der Waals surface area contributed by atoms with E-state index in [2.05, 4.69) is 21.4 Å². The van der Waals surface area contributed by atoms with Crippen LogP contribution in [0.1, 0.15) is 21.7 Å². The van der Waals surface area contributed by atoms with Crippen molar-refractivity contribution in [2.45, 2.75) is 11.8 Å². The molecule has 0 N–H and O–H groups in total. The molecule has 1 aliphatic rings. The van der Waals surface area contributed by atoms with Crippen molar-refractivity contribution in [2.24, 2.45) is 7.05 Å². The standard InChI is InChI=1S/C21H18FN5O2.CH2F2/c1-26-13-23-24-20(26)8-21(11-29-12-21)15-3-2-4-16(7-15)27-9-17-18(22)5-14(10-28)6-19(17)25-27;2-1-3/h2-7,9-10,13H,8,11-12H2,1H3;1H2. The maximum Gasteiger partial charge on any atom is 0.229 e. The molecule has 0 aliphatic carbocycles. The summed E-state index contributed by atoms with van der Waals surface area (Å²) in [5.74, 6) is 0.435. The van der Waals surface area contributed by atoms with E-state index in [1.807, 2.05) is 29.8 Å². The molecule has 2 aromatic heterocycles. The fraction of sp³-hybridized carbons (Fsp3) is 0.273. The molecule has 3 heterocycles. The van der Waals surface area contributed by atoms with Crippen LogP contribution in [0, 0.1) is 5.82 Å². The van der Waals surface area contributed by atoms with Crippen LogP contribution in [0.4, 0.5) is 13.2 Å². The molecule has 1 fully saturated rings. The van der Waals surface area contributed by atoms with E-state index in [4.69, 9.17) is 4.74 Å². The lowest BCUT2D eigenvalue weighted by molar-refractivity contribution is -0.0611. The van der Waals surface area contributed by atoms with Crippen LogP contribution >= 0.6 is 0 Å². The van der Waals surface area contributed by atoms with Gasteiger partial charge in [-0.1, -0.05) is 12.1 Å². The normalized spacial score (nSPS) is 14.5. The zero-order valence-electron chi connectivity index (χ0n) is 17.2. The number of hydrogen-bond donors (Lipinski definition) is 0. The zero-order chi connectivity index (χ0) is 22.7. The summed E-state index contributed by atoms with van der Waals surface area (Å²) in [6.07, 6.45) is 4.67. The van der Waals surface area contributed by atoms with Gasteiger partial charge in [0.1, 0.15) is 24.3 Å². The van der Waals surface area contributed by atoms with Crippen LogP contribution < -0.4 is 0 Å². The van der Waals surface area contributed by atoms with Gasteiger partial charge < -0.3 is 9.30 Å². The van der Waals surface area contributed by atoms with Crippen molar-refractivity contribution in [1.29, 1.82) is 0 Å². The summed E-state index contributed by atoms with van der Waals surface area (Å²) in [7, 11) is 1.93. The molecule has 5 rings (SSSR count). The van der Waals surface area contributed by atoms with Crippen molar-refractivity contribution in [3.63, 3.8) is 0 Å². The fourth-order valence-electron chi connectivity index (χ4n) is 3.77. The number of halogens is 3. The van der Waals surface area contributed by atoms with Crippen molar-refractivity contribution in [3.05, 3.63) is 71.7 Å². The Morgan fingerprint density at radius 2 is 2.00 bits per heavy atom. The molecule has 166 valence electrons. The van der Waals surface area contributed by atoms with Crippen LogP contribution in [0.15, 0.2) is 48.9 Å². The van der Waals surface area contributed by atoms with Gasteiger partial charge in [-0.3, -0.25) is 4.79 Å². The highest BCUT2D eigenvalue weighted by atomic mass is 19.3. The average molecular weight is 443 g/mol. The van der Waals surface area contributed by atoms with Crippen LogP contribution in [0.2, 0.25) is 0 Å². The predicted molar refractivity (Wildman–Crippen MR) is 111 cm³/mol. The van der Waals surface area contributed by atoms with Gasteiger partial charge in [-0.25, -0.2) is 17.9 Å². The lowest BCUT2D eigenvalue weighted by atomic mass is 9.75. The number of aryl methyl sites for hydroxylation is 1. The van der Waals surface area contributed by atoms with Gasteiger partial charge in [-0.2, -0.15) is 5.10 Å². The van der Waals surface area contributed by atoms with E-state index in [-0.39, 0.29) is 11.0 Å². The number of aromatic nitrogens is 5. The Morgan fingerprint density at radius 1 is 1.22 bits per heavy atom. The Morgan fingerprint density at radius 3 is 2.62 bits per heavy atom. The lowest BCUT2D eigenvalue weighted by Gasteiger charge is -2.41. The molecular weight excluding hydrogens is 423 g/mol. The van der Waals surface area contributed by atoms with Crippen LogP contribution in [0.25, 0.3) is 16.6 Å². The average Bonchev–Trinajstić information content (AvgIpc) is 3.37. The number of fused-ring (bicyclic) bond motifs is 1. The first kappa shape index (κ1) is 21.7. The lowest BCUT2D eigenvalue weighted by Crippen LogP contribution is -2.49. The molecule has 0 saturated carbocycles. The van der Waals surface area contributed by atoms with Crippen molar-refractivity contribution < 1.29 is 22.7 Å². The van der Waals surface area contributed by atoms with Crippen LogP contribution in [-0.4, -0.2) is 51.0 Å². The monoisotopic (exact) mass is 443 g/mol. The second-order valence-corrected chi connectivity index (χ2v) is 7.59. The minimum absolute atomic E-state index is 0.181. The van der Waals surface area contributed by atoms with E-state index in [1.165, 1.54) is 6.07 Å². The number of carbonyl (C=O) groups is 1. The molecule has 0 unspecified atom stereocenters. The predicted octanol–water partition coefficient (Wildman–Crippen LogP) is 3.50. The van der Waals surface area contributed by atoms with Crippen molar-refractivity contribution in [3.8, 4) is 5.69 Å². The summed E-state index contributed by atoms with van der Waals surface area (Å²) < 4.78 is 42.7. The van der Waals surface area contributed by atoms with E-state index >= 15 is 0 Å². The first-order chi connectivity index (χ1) is 15.5.